The van der Waals surface area contributed by atoms with E-state index in [0.717, 1.165) is 11.3 Å². The van der Waals surface area contributed by atoms with Gasteiger partial charge in [0.05, 0.1) is 7.11 Å². The molecule has 0 spiro atoms. The first-order valence-corrected chi connectivity index (χ1v) is 8.18. The van der Waals surface area contributed by atoms with Crippen LogP contribution in [0.1, 0.15) is 5.56 Å². The van der Waals surface area contributed by atoms with Crippen molar-refractivity contribution in [1.29, 1.82) is 0 Å². The fraction of sp³-hybridized carbons (Fsp3) is 0.176. The number of carbonyl (C=O) groups excluding carboxylic acids is 2. The van der Waals surface area contributed by atoms with E-state index in [9.17, 15) is 14.5 Å². The highest BCUT2D eigenvalue weighted by atomic mass is 79.9. The van der Waals surface area contributed by atoms with Crippen LogP contribution in [0, 0.1) is 4.91 Å². The van der Waals surface area contributed by atoms with E-state index in [-0.39, 0.29) is 5.69 Å². The lowest BCUT2D eigenvalue weighted by molar-refractivity contribution is -0.136. The highest BCUT2D eigenvalue weighted by molar-refractivity contribution is 9.10. The van der Waals surface area contributed by atoms with E-state index in [1.54, 1.807) is 19.2 Å². The van der Waals surface area contributed by atoms with Gasteiger partial charge in [-0.3, -0.25) is 9.59 Å². The van der Waals surface area contributed by atoms with Crippen molar-refractivity contribution >= 4 is 39.1 Å². The molecule has 2 aromatic rings. The predicted molar refractivity (Wildman–Crippen MR) is 97.9 cm³/mol. The summed E-state index contributed by atoms with van der Waals surface area (Å²) in [5, 5.41) is 7.78. The molecule has 2 rings (SSSR count). The van der Waals surface area contributed by atoms with E-state index >= 15 is 0 Å². The van der Waals surface area contributed by atoms with Crippen LogP contribution in [0.3, 0.4) is 0 Å². The standard InChI is InChI=1S/C17H16BrN3O4/c1-25-13-5-2-11(3-6-13)8-9-19-16(22)17(23)20-12-4-7-14(18)15(10-12)21-24/h2-7,10H,8-9H2,1H3,(H,19,22)(H,20,23). The fourth-order valence-electron chi connectivity index (χ4n) is 2.04. The minimum atomic E-state index is -0.811. The summed E-state index contributed by atoms with van der Waals surface area (Å²) in [6.45, 7) is 0.320. The molecule has 0 aliphatic rings. The summed E-state index contributed by atoms with van der Waals surface area (Å²) < 4.78 is 5.58. The Morgan fingerprint density at radius 1 is 1.12 bits per heavy atom. The van der Waals surface area contributed by atoms with Crippen LogP contribution in [0.15, 0.2) is 52.1 Å². The van der Waals surface area contributed by atoms with Crippen molar-refractivity contribution in [2.24, 2.45) is 5.18 Å². The number of hydrogen-bond donors (Lipinski definition) is 2. The fourth-order valence-corrected chi connectivity index (χ4v) is 2.36. The van der Waals surface area contributed by atoms with E-state index in [1.165, 1.54) is 6.07 Å². The Bertz CT molecular complexity index is 778. The first-order chi connectivity index (χ1) is 12.0. The van der Waals surface area contributed by atoms with Crippen LogP contribution < -0.4 is 15.4 Å². The van der Waals surface area contributed by atoms with Crippen molar-refractivity contribution < 1.29 is 14.3 Å². The molecule has 0 bridgehead atoms. The summed E-state index contributed by atoms with van der Waals surface area (Å²) in [5.74, 6) is -0.809. The van der Waals surface area contributed by atoms with Crippen LogP contribution in [0.2, 0.25) is 0 Å². The minimum absolute atomic E-state index is 0.137. The van der Waals surface area contributed by atoms with Gasteiger partial charge in [-0.25, -0.2) is 0 Å². The van der Waals surface area contributed by atoms with Gasteiger partial charge in [0.25, 0.3) is 0 Å². The molecule has 130 valence electrons. The number of halogens is 1. The number of nitrogens with one attached hydrogen (secondary N) is 2. The molecule has 0 fully saturated rings. The average Bonchev–Trinajstić information content (AvgIpc) is 2.63. The molecule has 0 radical (unpaired) electrons. The van der Waals surface area contributed by atoms with Crippen molar-refractivity contribution in [3.63, 3.8) is 0 Å². The maximum Gasteiger partial charge on any atom is 0.313 e. The number of anilines is 1. The normalized spacial score (nSPS) is 10.0. The summed E-state index contributed by atoms with van der Waals surface area (Å²) in [4.78, 5) is 34.3. The number of benzene rings is 2. The van der Waals surface area contributed by atoms with Crippen molar-refractivity contribution in [3.05, 3.63) is 57.4 Å². The summed E-state index contributed by atoms with van der Waals surface area (Å²) in [6, 6.07) is 11.9. The molecule has 0 saturated heterocycles. The summed E-state index contributed by atoms with van der Waals surface area (Å²) in [5.41, 5.74) is 1.46. The molecule has 0 aromatic heterocycles. The van der Waals surface area contributed by atoms with E-state index in [1.807, 2.05) is 24.3 Å². The Morgan fingerprint density at radius 2 is 1.84 bits per heavy atom. The number of hydrogen-bond acceptors (Lipinski definition) is 5. The van der Waals surface area contributed by atoms with Crippen molar-refractivity contribution in [1.82, 2.24) is 5.32 Å². The first-order valence-electron chi connectivity index (χ1n) is 7.38. The number of nitrogens with zero attached hydrogens (tertiary/aromatic N) is 1. The maximum absolute atomic E-state index is 11.9. The molecule has 2 aromatic carbocycles. The summed E-state index contributed by atoms with van der Waals surface area (Å²) in [7, 11) is 1.59. The smallest absolute Gasteiger partial charge is 0.313 e. The number of ether oxygens (including phenoxy) is 1. The topological polar surface area (TPSA) is 96.9 Å². The Balaban J connectivity index is 1.83. The van der Waals surface area contributed by atoms with Crippen molar-refractivity contribution in [2.45, 2.75) is 6.42 Å². The quantitative estimate of drug-likeness (QED) is 0.569. The lowest BCUT2D eigenvalue weighted by atomic mass is 10.1. The molecule has 0 saturated carbocycles. The molecule has 7 nitrogen and oxygen atoms in total. The minimum Gasteiger partial charge on any atom is -0.497 e. The van der Waals surface area contributed by atoms with Gasteiger partial charge < -0.3 is 15.4 Å². The number of carbonyl (C=O) groups is 2. The maximum atomic E-state index is 11.9. The van der Waals surface area contributed by atoms with Crippen LogP contribution in [0.25, 0.3) is 0 Å². The summed E-state index contributed by atoms with van der Waals surface area (Å²) >= 11 is 3.16. The van der Waals surface area contributed by atoms with Crippen LogP contribution in [0.5, 0.6) is 5.75 Å². The molecule has 8 heteroatoms. The number of nitroso groups, excluding NO2 is 1. The molecule has 0 atom stereocenters. The van der Waals surface area contributed by atoms with Crippen molar-refractivity contribution in [3.8, 4) is 5.75 Å². The number of rotatable bonds is 6. The highest BCUT2D eigenvalue weighted by Crippen LogP contribution is 2.28. The molecule has 0 unspecified atom stereocenters. The molecule has 2 amide bonds. The van der Waals surface area contributed by atoms with Gasteiger partial charge in [0.1, 0.15) is 11.4 Å². The molecule has 0 heterocycles. The van der Waals surface area contributed by atoms with E-state index < -0.39 is 11.8 Å². The zero-order valence-corrected chi connectivity index (χ0v) is 15.0. The Morgan fingerprint density at radius 3 is 2.48 bits per heavy atom. The molecule has 0 aliphatic carbocycles. The zero-order chi connectivity index (χ0) is 18.2. The van der Waals surface area contributed by atoms with Gasteiger partial charge in [-0.2, -0.15) is 0 Å². The van der Waals surface area contributed by atoms with Gasteiger partial charge in [-0.1, -0.05) is 12.1 Å². The predicted octanol–water partition coefficient (Wildman–Crippen LogP) is 3.15. The first kappa shape index (κ1) is 18.6. The Kier molecular flexibility index (Phi) is 6.64. The second kappa shape index (κ2) is 8.93. The van der Waals surface area contributed by atoms with Crippen LogP contribution in [-0.2, 0) is 16.0 Å². The van der Waals surface area contributed by atoms with Gasteiger partial charge in [0, 0.05) is 16.7 Å². The molecule has 25 heavy (non-hydrogen) atoms. The molecular formula is C17H16BrN3O4. The molecule has 0 aliphatic heterocycles. The monoisotopic (exact) mass is 405 g/mol. The Labute approximate surface area is 152 Å². The van der Waals surface area contributed by atoms with E-state index in [2.05, 4.69) is 31.7 Å². The molecule has 2 N–H and O–H groups in total. The highest BCUT2D eigenvalue weighted by Gasteiger charge is 2.14. The van der Waals surface area contributed by atoms with Gasteiger partial charge in [-0.05, 0) is 63.4 Å². The summed E-state index contributed by atoms with van der Waals surface area (Å²) in [6.07, 6.45) is 0.584. The zero-order valence-electron chi connectivity index (χ0n) is 13.4. The number of methoxy groups -OCH3 is 1. The Hall–Kier alpha value is -2.74. The van der Waals surface area contributed by atoms with Gasteiger partial charge in [-0.15, -0.1) is 4.91 Å². The van der Waals surface area contributed by atoms with Crippen molar-refractivity contribution in [2.75, 3.05) is 19.0 Å². The second-order valence-electron chi connectivity index (χ2n) is 5.07. The molecular weight excluding hydrogens is 390 g/mol. The van der Waals surface area contributed by atoms with Gasteiger partial charge in [0.15, 0.2) is 0 Å². The van der Waals surface area contributed by atoms with Gasteiger partial charge >= 0.3 is 11.8 Å². The lowest BCUT2D eigenvalue weighted by Crippen LogP contribution is -2.36. The SMILES string of the molecule is COc1ccc(CCNC(=O)C(=O)Nc2ccc(Br)c(N=O)c2)cc1. The van der Waals surface area contributed by atoms with Crippen LogP contribution >= 0.6 is 15.9 Å². The third-order valence-electron chi connectivity index (χ3n) is 3.37. The largest absolute Gasteiger partial charge is 0.497 e. The second-order valence-corrected chi connectivity index (χ2v) is 5.92. The third kappa shape index (κ3) is 5.39. The number of amides is 2. The van der Waals surface area contributed by atoms with Gasteiger partial charge in [0.2, 0.25) is 0 Å². The average molecular weight is 406 g/mol. The lowest BCUT2D eigenvalue weighted by Gasteiger charge is -2.08. The van der Waals surface area contributed by atoms with E-state index in [4.69, 9.17) is 4.74 Å². The third-order valence-corrected chi connectivity index (χ3v) is 4.04. The van der Waals surface area contributed by atoms with E-state index in [0.29, 0.717) is 23.1 Å². The van der Waals surface area contributed by atoms with Crippen LogP contribution in [-0.4, -0.2) is 25.5 Å². The van der Waals surface area contributed by atoms with Crippen LogP contribution in [0.4, 0.5) is 11.4 Å².